The van der Waals surface area contributed by atoms with E-state index < -0.39 is 0 Å². The predicted octanol–water partition coefficient (Wildman–Crippen LogP) is 3.74. The highest BCUT2D eigenvalue weighted by molar-refractivity contribution is 5.94. The molecule has 1 aromatic carbocycles. The summed E-state index contributed by atoms with van der Waals surface area (Å²) in [6.07, 6.45) is 4.60. The third-order valence-corrected chi connectivity index (χ3v) is 4.38. The van der Waals surface area contributed by atoms with Gasteiger partial charge in [0.2, 0.25) is 0 Å². The first-order chi connectivity index (χ1) is 12.8. The smallest absolute Gasteiger partial charge is 0.140 e. The summed E-state index contributed by atoms with van der Waals surface area (Å²) in [6, 6.07) is 18.6. The van der Waals surface area contributed by atoms with Crippen LogP contribution in [-0.4, -0.2) is 21.5 Å². The molecule has 0 amide bonds. The van der Waals surface area contributed by atoms with Crippen molar-refractivity contribution in [2.24, 2.45) is 5.73 Å². The summed E-state index contributed by atoms with van der Waals surface area (Å²) < 4.78 is 0. The zero-order chi connectivity index (χ0) is 17.8. The lowest BCUT2D eigenvalue weighted by Gasteiger charge is -2.10. The van der Waals surface area contributed by atoms with Gasteiger partial charge in [-0.15, -0.1) is 0 Å². The van der Waals surface area contributed by atoms with E-state index in [9.17, 15) is 0 Å². The van der Waals surface area contributed by atoms with E-state index in [0.29, 0.717) is 13.1 Å². The molecule has 0 aliphatic carbocycles. The minimum absolute atomic E-state index is 0.632. The summed E-state index contributed by atoms with van der Waals surface area (Å²) in [5.41, 5.74) is 11.1. The normalized spacial score (nSPS) is 11.0. The number of hydrogen-bond donors (Lipinski definition) is 3. The lowest BCUT2D eigenvalue weighted by Crippen LogP contribution is -2.04. The Morgan fingerprint density at radius 2 is 2.00 bits per heavy atom. The number of nitrogens with two attached hydrogens (primary N) is 1. The van der Waals surface area contributed by atoms with E-state index in [4.69, 9.17) is 5.73 Å². The molecule has 0 saturated heterocycles. The van der Waals surface area contributed by atoms with Gasteiger partial charge in [0.15, 0.2) is 0 Å². The van der Waals surface area contributed by atoms with Crippen LogP contribution < -0.4 is 11.1 Å². The van der Waals surface area contributed by atoms with Gasteiger partial charge in [-0.1, -0.05) is 30.3 Å². The number of hydrogen-bond acceptors (Lipinski definition) is 4. The molecule has 0 bridgehead atoms. The van der Waals surface area contributed by atoms with Crippen LogP contribution in [0, 0.1) is 0 Å². The number of nitrogens with zero attached hydrogens (tertiary/aromatic N) is 2. The molecule has 3 aromatic heterocycles. The highest BCUT2D eigenvalue weighted by Crippen LogP contribution is 2.30. The van der Waals surface area contributed by atoms with Crippen molar-refractivity contribution in [3.8, 4) is 11.1 Å². The molecule has 0 spiro atoms. The van der Waals surface area contributed by atoms with E-state index in [2.05, 4.69) is 56.7 Å². The number of pyridine rings is 2. The second-order valence-corrected chi connectivity index (χ2v) is 6.21. The monoisotopic (exact) mass is 343 g/mol. The molecular formula is C21H21N5. The molecule has 0 unspecified atom stereocenters. The Balaban J connectivity index is 1.70. The Kier molecular flexibility index (Phi) is 4.62. The quantitative estimate of drug-likeness (QED) is 0.498. The highest BCUT2D eigenvalue weighted by Gasteiger charge is 2.10. The maximum atomic E-state index is 5.71. The van der Waals surface area contributed by atoms with Gasteiger partial charge in [0, 0.05) is 17.8 Å². The largest absolute Gasteiger partial charge is 0.364 e. The molecular weight excluding hydrogens is 322 g/mol. The maximum Gasteiger partial charge on any atom is 0.140 e. The van der Waals surface area contributed by atoms with Crippen molar-refractivity contribution in [1.82, 2.24) is 15.0 Å². The van der Waals surface area contributed by atoms with Gasteiger partial charge in [-0.2, -0.15) is 0 Å². The average Bonchev–Trinajstić information content (AvgIpc) is 3.16. The number of benzene rings is 1. The van der Waals surface area contributed by atoms with Crippen molar-refractivity contribution in [2.45, 2.75) is 13.0 Å². The van der Waals surface area contributed by atoms with E-state index in [0.717, 1.165) is 34.5 Å². The van der Waals surface area contributed by atoms with Gasteiger partial charge in [-0.3, -0.25) is 4.98 Å². The lowest BCUT2D eigenvalue weighted by molar-refractivity contribution is 0.969. The van der Waals surface area contributed by atoms with Crippen LogP contribution in [0.5, 0.6) is 0 Å². The minimum Gasteiger partial charge on any atom is -0.364 e. The van der Waals surface area contributed by atoms with Gasteiger partial charge in [-0.05, 0) is 53.9 Å². The molecule has 0 saturated carbocycles. The van der Waals surface area contributed by atoms with E-state index >= 15 is 0 Å². The molecule has 4 N–H and O–H groups in total. The summed E-state index contributed by atoms with van der Waals surface area (Å²) in [5, 5.41) is 4.49. The number of aromatic nitrogens is 3. The lowest BCUT2D eigenvalue weighted by atomic mass is 10.00. The summed E-state index contributed by atoms with van der Waals surface area (Å²) in [7, 11) is 0. The number of anilines is 1. The second kappa shape index (κ2) is 7.37. The van der Waals surface area contributed by atoms with Gasteiger partial charge in [0.1, 0.15) is 11.5 Å². The van der Waals surface area contributed by atoms with Gasteiger partial charge < -0.3 is 16.0 Å². The number of aromatic amines is 1. The van der Waals surface area contributed by atoms with E-state index in [1.807, 2.05) is 24.4 Å². The van der Waals surface area contributed by atoms with Gasteiger partial charge >= 0.3 is 0 Å². The second-order valence-electron chi connectivity index (χ2n) is 6.21. The first-order valence-electron chi connectivity index (χ1n) is 8.75. The van der Waals surface area contributed by atoms with Crippen molar-refractivity contribution >= 4 is 16.9 Å². The van der Waals surface area contributed by atoms with Crippen LogP contribution in [0.15, 0.2) is 67.0 Å². The number of fused-ring (bicyclic) bond motifs is 1. The summed E-state index contributed by atoms with van der Waals surface area (Å²) in [5.74, 6) is 0.824. The van der Waals surface area contributed by atoms with Crippen molar-refractivity contribution in [3.05, 3.63) is 78.2 Å². The fourth-order valence-electron chi connectivity index (χ4n) is 3.11. The Hall–Kier alpha value is -3.18. The standard InChI is InChI=1S/C21H21N5/c22-9-7-15-4-3-5-16(12-15)19-13-20(26-21-18(19)8-11-24-21)25-14-17-6-1-2-10-23-17/h1-6,8,10-13H,7,9,14,22H2,(H2,24,25,26). The number of H-pyrrole nitrogens is 1. The maximum absolute atomic E-state index is 5.71. The molecule has 130 valence electrons. The van der Waals surface area contributed by atoms with Crippen molar-refractivity contribution in [1.29, 1.82) is 0 Å². The molecule has 0 aliphatic rings. The van der Waals surface area contributed by atoms with Crippen LogP contribution in [0.1, 0.15) is 11.3 Å². The first-order valence-corrected chi connectivity index (χ1v) is 8.75. The molecule has 0 atom stereocenters. The van der Waals surface area contributed by atoms with E-state index in [1.165, 1.54) is 11.1 Å². The van der Waals surface area contributed by atoms with Crippen LogP contribution in [0.3, 0.4) is 0 Å². The van der Waals surface area contributed by atoms with Crippen LogP contribution >= 0.6 is 0 Å². The van der Waals surface area contributed by atoms with Crippen molar-refractivity contribution < 1.29 is 0 Å². The summed E-state index contributed by atoms with van der Waals surface area (Å²) >= 11 is 0. The Morgan fingerprint density at radius 3 is 2.85 bits per heavy atom. The number of nitrogens with one attached hydrogen (secondary N) is 2. The summed E-state index contributed by atoms with van der Waals surface area (Å²) in [4.78, 5) is 12.3. The molecule has 0 aliphatic heterocycles. The number of rotatable bonds is 6. The first kappa shape index (κ1) is 16.3. The topological polar surface area (TPSA) is 79.6 Å². The predicted molar refractivity (Wildman–Crippen MR) is 106 cm³/mol. The van der Waals surface area contributed by atoms with Gasteiger partial charge in [0.05, 0.1) is 12.2 Å². The Bertz CT molecular complexity index is 1010. The molecule has 4 rings (SSSR count). The molecule has 5 nitrogen and oxygen atoms in total. The van der Waals surface area contributed by atoms with Crippen LogP contribution in [-0.2, 0) is 13.0 Å². The van der Waals surface area contributed by atoms with Gasteiger partial charge in [0.25, 0.3) is 0 Å². The molecule has 26 heavy (non-hydrogen) atoms. The average molecular weight is 343 g/mol. The molecule has 0 radical (unpaired) electrons. The van der Waals surface area contributed by atoms with Crippen LogP contribution in [0.2, 0.25) is 0 Å². The zero-order valence-electron chi connectivity index (χ0n) is 14.4. The van der Waals surface area contributed by atoms with E-state index in [1.54, 1.807) is 6.20 Å². The summed E-state index contributed by atoms with van der Waals surface area (Å²) in [6.45, 7) is 1.28. The fraction of sp³-hybridized carbons (Fsp3) is 0.143. The van der Waals surface area contributed by atoms with Crippen LogP contribution in [0.4, 0.5) is 5.82 Å². The van der Waals surface area contributed by atoms with Crippen molar-refractivity contribution in [3.63, 3.8) is 0 Å². The minimum atomic E-state index is 0.632. The fourth-order valence-corrected chi connectivity index (χ4v) is 3.11. The van der Waals surface area contributed by atoms with E-state index in [-0.39, 0.29) is 0 Å². The van der Waals surface area contributed by atoms with Crippen molar-refractivity contribution in [2.75, 3.05) is 11.9 Å². The van der Waals surface area contributed by atoms with Gasteiger partial charge in [-0.25, -0.2) is 4.98 Å². The van der Waals surface area contributed by atoms with Crippen LogP contribution in [0.25, 0.3) is 22.2 Å². The zero-order valence-corrected chi connectivity index (χ0v) is 14.4. The molecule has 4 aromatic rings. The third-order valence-electron chi connectivity index (χ3n) is 4.38. The molecule has 0 fully saturated rings. The highest BCUT2D eigenvalue weighted by atomic mass is 15.0. The Morgan fingerprint density at radius 1 is 1.04 bits per heavy atom. The molecule has 3 heterocycles. The Labute approximate surface area is 152 Å². The molecule has 5 heteroatoms. The third kappa shape index (κ3) is 3.43. The SMILES string of the molecule is NCCc1cccc(-c2cc(NCc3ccccn3)nc3[nH]ccc23)c1.